The predicted octanol–water partition coefficient (Wildman–Crippen LogP) is 13.9. The second-order valence-corrected chi connectivity index (χ2v) is 20.3. The van der Waals surface area contributed by atoms with Gasteiger partial charge in [-0.2, -0.15) is 0 Å². The number of ether oxygens (including phenoxy) is 3. The summed E-state index contributed by atoms with van der Waals surface area (Å²) in [6.45, 7) is 5.60. The molecule has 8 unspecified atom stereocenters. The second kappa shape index (κ2) is 51.3. The zero-order valence-corrected chi connectivity index (χ0v) is 47.4. The van der Waals surface area contributed by atoms with Gasteiger partial charge >= 0.3 is 5.97 Å². The fourth-order valence-electron chi connectivity index (χ4n) is 8.72. The van der Waals surface area contributed by atoms with Crippen molar-refractivity contribution in [3.8, 4) is 0 Å². The quantitative estimate of drug-likeness (QED) is 0.0195. The fraction of sp³-hybridized carbons (Fsp3) is 0.719. The Morgan fingerprint density at radius 3 is 1.47 bits per heavy atom. The van der Waals surface area contributed by atoms with Crippen molar-refractivity contribution in [1.29, 1.82) is 0 Å². The highest BCUT2D eigenvalue weighted by molar-refractivity contribution is 5.80. The van der Waals surface area contributed by atoms with E-state index in [0.717, 1.165) is 103 Å². The number of carbonyl (C=O) groups is 2. The van der Waals surface area contributed by atoms with Crippen molar-refractivity contribution >= 4 is 11.9 Å². The summed E-state index contributed by atoms with van der Waals surface area (Å²) in [4.78, 5) is 26.5. The largest absolute Gasteiger partial charge is 0.454 e. The lowest BCUT2D eigenvalue weighted by molar-refractivity contribution is -0.305. The molecule has 6 N–H and O–H groups in total. The molecule has 1 aliphatic heterocycles. The van der Waals surface area contributed by atoms with Gasteiger partial charge in [-0.05, 0) is 96.3 Å². The molecule has 1 fully saturated rings. The number of unbranched alkanes of at least 4 members (excludes halogenated alkanes) is 21. The van der Waals surface area contributed by atoms with Crippen LogP contribution in [-0.4, -0.2) is 99.6 Å². The standard InChI is InChI=1S/C64H109NO10/c1-4-7-10-13-16-19-22-25-27-29-31-34-37-40-43-46-49-52-59(69)75-62-61(71)60(70)58(53-66)74-64(62)73-54-55(56(67)50-47-44-41-38-35-32-24-21-18-15-12-9-6-3)65-63(72)57(68)51-48-45-42-39-36-33-30-28-26-23-20-17-14-11-8-5-2/h7,10,16-17,19-20,25-28,31,34,40,43,47,50,55-58,60-62,64,66-68,70-71H,4-6,8-9,11-15,18,21-24,29-30,32-33,35-39,41-42,44-46,48-49,51-54H2,1-3H3,(H,65,72)/b10-7-,19-16-,20-17-,27-25-,28-26-,34-31-,43-40-,50-47+. The summed E-state index contributed by atoms with van der Waals surface area (Å²) >= 11 is 0. The van der Waals surface area contributed by atoms with Crippen molar-refractivity contribution in [2.24, 2.45) is 0 Å². The summed E-state index contributed by atoms with van der Waals surface area (Å²) in [5.74, 6) is -1.27. The van der Waals surface area contributed by atoms with E-state index in [1.807, 2.05) is 18.2 Å². The van der Waals surface area contributed by atoms with Gasteiger partial charge in [0.25, 0.3) is 0 Å². The Labute approximate surface area is 456 Å². The SMILES string of the molecule is CC/C=C\C/C=C\C/C=C\C/C=C\C/C=C\CCCC(=O)OC1C(OCC(NC(=O)C(O)CCCCCCCC/C=C\C/C=C\CCCCC)C(O)/C=C/CCCCCCCCCCCCC)OC(CO)C(O)C1O. The van der Waals surface area contributed by atoms with E-state index >= 15 is 0 Å². The first-order valence-corrected chi connectivity index (χ1v) is 30.0. The van der Waals surface area contributed by atoms with Crippen LogP contribution in [0.5, 0.6) is 0 Å². The third-order valence-electron chi connectivity index (χ3n) is 13.5. The van der Waals surface area contributed by atoms with Crippen LogP contribution in [0.2, 0.25) is 0 Å². The molecule has 1 heterocycles. The van der Waals surface area contributed by atoms with Crippen LogP contribution in [0, 0.1) is 0 Å². The maximum atomic E-state index is 13.4. The maximum absolute atomic E-state index is 13.4. The van der Waals surface area contributed by atoms with Crippen LogP contribution in [0.4, 0.5) is 0 Å². The first-order chi connectivity index (χ1) is 36.7. The van der Waals surface area contributed by atoms with Gasteiger partial charge in [-0.3, -0.25) is 9.59 Å². The van der Waals surface area contributed by atoms with Crippen LogP contribution < -0.4 is 5.32 Å². The Morgan fingerprint density at radius 1 is 0.533 bits per heavy atom. The molecule has 1 amide bonds. The van der Waals surface area contributed by atoms with Crippen LogP contribution in [0.25, 0.3) is 0 Å². The lowest BCUT2D eigenvalue weighted by atomic mass is 9.99. The van der Waals surface area contributed by atoms with E-state index in [-0.39, 0.29) is 19.4 Å². The monoisotopic (exact) mass is 1050 g/mol. The van der Waals surface area contributed by atoms with Crippen LogP contribution in [-0.2, 0) is 23.8 Å². The Morgan fingerprint density at radius 2 is 0.960 bits per heavy atom. The highest BCUT2D eigenvalue weighted by atomic mass is 16.7. The summed E-state index contributed by atoms with van der Waals surface area (Å²) in [7, 11) is 0. The Kier molecular flexibility index (Phi) is 47.6. The van der Waals surface area contributed by atoms with Crippen molar-refractivity contribution in [2.75, 3.05) is 13.2 Å². The number of hydrogen-bond acceptors (Lipinski definition) is 10. The van der Waals surface area contributed by atoms with Crippen molar-refractivity contribution in [1.82, 2.24) is 5.32 Å². The minimum atomic E-state index is -1.64. The Bertz CT molecular complexity index is 1580. The molecule has 0 bridgehead atoms. The molecule has 0 aromatic carbocycles. The topological polar surface area (TPSA) is 175 Å². The van der Waals surface area contributed by atoms with E-state index in [4.69, 9.17) is 14.2 Å². The smallest absolute Gasteiger partial charge is 0.306 e. The van der Waals surface area contributed by atoms with Crippen molar-refractivity contribution in [3.05, 3.63) is 97.2 Å². The van der Waals surface area contributed by atoms with Crippen LogP contribution in [0.1, 0.15) is 233 Å². The molecular weight excluding hydrogens is 943 g/mol. The van der Waals surface area contributed by atoms with Gasteiger partial charge in [-0.15, -0.1) is 0 Å². The van der Waals surface area contributed by atoms with Crippen LogP contribution >= 0.6 is 0 Å². The molecule has 0 aromatic rings. The van der Waals surface area contributed by atoms with E-state index in [1.165, 1.54) is 77.0 Å². The fourth-order valence-corrected chi connectivity index (χ4v) is 8.72. The number of esters is 1. The van der Waals surface area contributed by atoms with Gasteiger partial charge in [-0.1, -0.05) is 227 Å². The lowest BCUT2D eigenvalue weighted by Gasteiger charge is -2.41. The van der Waals surface area contributed by atoms with Gasteiger partial charge in [0.2, 0.25) is 5.91 Å². The molecule has 1 aliphatic rings. The number of amides is 1. The minimum absolute atomic E-state index is 0.0398. The summed E-state index contributed by atoms with van der Waals surface area (Å²) in [6.07, 6.45) is 57.3. The third kappa shape index (κ3) is 39.6. The molecule has 1 rings (SSSR count). The van der Waals surface area contributed by atoms with Crippen LogP contribution in [0.3, 0.4) is 0 Å². The molecule has 0 spiro atoms. The number of nitrogens with one attached hydrogen (secondary N) is 1. The molecule has 0 aromatic heterocycles. The molecule has 11 heteroatoms. The average Bonchev–Trinajstić information content (AvgIpc) is 3.41. The van der Waals surface area contributed by atoms with Crippen molar-refractivity contribution in [3.63, 3.8) is 0 Å². The molecule has 75 heavy (non-hydrogen) atoms. The first-order valence-electron chi connectivity index (χ1n) is 30.0. The van der Waals surface area contributed by atoms with Crippen molar-refractivity contribution < 1.29 is 49.3 Å². The Balaban J connectivity index is 2.77. The molecule has 0 saturated carbocycles. The summed E-state index contributed by atoms with van der Waals surface area (Å²) in [5, 5.41) is 56.9. The van der Waals surface area contributed by atoms with Gasteiger partial charge in [0.15, 0.2) is 12.4 Å². The molecule has 11 nitrogen and oxygen atoms in total. The second-order valence-electron chi connectivity index (χ2n) is 20.3. The van der Waals surface area contributed by atoms with E-state index < -0.39 is 67.4 Å². The normalized spacial score (nSPS) is 19.9. The first kappa shape index (κ1) is 69.6. The number of hydrogen-bond donors (Lipinski definition) is 6. The summed E-state index contributed by atoms with van der Waals surface area (Å²) in [5.41, 5.74) is 0. The number of rotatable bonds is 49. The molecule has 0 aliphatic carbocycles. The zero-order valence-electron chi connectivity index (χ0n) is 47.4. The number of aliphatic hydroxyl groups excluding tert-OH is 5. The van der Waals surface area contributed by atoms with Gasteiger partial charge in [0, 0.05) is 6.42 Å². The highest BCUT2D eigenvalue weighted by Gasteiger charge is 2.47. The molecular formula is C64H109NO10. The number of carbonyl (C=O) groups excluding carboxylic acids is 2. The van der Waals surface area contributed by atoms with Gasteiger partial charge < -0.3 is 45.1 Å². The van der Waals surface area contributed by atoms with Gasteiger partial charge in [0.1, 0.15) is 24.4 Å². The summed E-state index contributed by atoms with van der Waals surface area (Å²) < 4.78 is 17.5. The van der Waals surface area contributed by atoms with E-state index in [2.05, 4.69) is 99.0 Å². The molecule has 8 atom stereocenters. The van der Waals surface area contributed by atoms with E-state index in [9.17, 15) is 35.1 Å². The third-order valence-corrected chi connectivity index (χ3v) is 13.5. The molecule has 0 radical (unpaired) electrons. The predicted molar refractivity (Wildman–Crippen MR) is 310 cm³/mol. The van der Waals surface area contributed by atoms with Crippen LogP contribution in [0.15, 0.2) is 97.2 Å². The van der Waals surface area contributed by atoms with E-state index in [0.29, 0.717) is 19.3 Å². The van der Waals surface area contributed by atoms with Gasteiger partial charge in [0.05, 0.1) is 25.4 Å². The maximum Gasteiger partial charge on any atom is 0.306 e. The van der Waals surface area contributed by atoms with Crippen molar-refractivity contribution in [2.45, 2.75) is 282 Å². The van der Waals surface area contributed by atoms with Gasteiger partial charge in [-0.25, -0.2) is 0 Å². The van der Waals surface area contributed by atoms with E-state index in [1.54, 1.807) is 6.08 Å². The lowest BCUT2D eigenvalue weighted by Crippen LogP contribution is -2.61. The summed E-state index contributed by atoms with van der Waals surface area (Å²) in [6, 6.07) is -1.04. The Hall–Kier alpha value is -3.42. The number of aliphatic hydroxyl groups is 5. The highest BCUT2D eigenvalue weighted by Crippen LogP contribution is 2.26. The molecule has 430 valence electrons. The molecule has 1 saturated heterocycles. The zero-order chi connectivity index (χ0) is 54.7. The number of allylic oxidation sites excluding steroid dienone is 15. The average molecular weight is 1050 g/mol. The minimum Gasteiger partial charge on any atom is -0.454 e.